The predicted molar refractivity (Wildman–Crippen MR) is 84.1 cm³/mol. The fourth-order valence-corrected chi connectivity index (χ4v) is 1.93. The number of benzene rings is 2. The van der Waals surface area contributed by atoms with Gasteiger partial charge in [0.15, 0.2) is 6.61 Å². The fraction of sp³-hybridized carbons (Fsp3) is 0.0667. The molecule has 5 nitrogen and oxygen atoms in total. The Kier molecular flexibility index (Phi) is 5.15. The summed E-state index contributed by atoms with van der Waals surface area (Å²) in [5, 5.41) is 13.2. The molecule has 108 valence electrons. The molecule has 0 radical (unpaired) electrons. The second-order valence-electron chi connectivity index (χ2n) is 4.16. The summed E-state index contributed by atoms with van der Waals surface area (Å²) in [6.45, 7) is -0.122. The molecule has 0 saturated heterocycles. The van der Waals surface area contributed by atoms with Gasteiger partial charge in [0, 0.05) is 9.26 Å². The Labute approximate surface area is 135 Å². The summed E-state index contributed by atoms with van der Waals surface area (Å²) in [6, 6.07) is 13.0. The standard InChI is InChI=1S/C15H12INO4/c16-11-3-7-13(8-4-11)21-9-14(18)17-12-5-1-10(2-6-12)15(19)20/h1-8H,9H2,(H,17,18)(H,19,20)/p-1. The molecule has 0 aliphatic carbocycles. The quantitative estimate of drug-likeness (QED) is 0.781. The van der Waals surface area contributed by atoms with E-state index in [9.17, 15) is 14.7 Å². The largest absolute Gasteiger partial charge is 0.545 e. The number of carbonyl (C=O) groups is 2. The Morgan fingerprint density at radius 1 is 1.05 bits per heavy atom. The first-order valence-electron chi connectivity index (χ1n) is 6.04. The topological polar surface area (TPSA) is 78.5 Å². The maximum absolute atomic E-state index is 11.7. The van der Waals surface area contributed by atoms with Crippen molar-refractivity contribution in [3.8, 4) is 5.75 Å². The van der Waals surface area contributed by atoms with Crippen LogP contribution in [-0.2, 0) is 4.79 Å². The summed E-state index contributed by atoms with van der Waals surface area (Å²) >= 11 is 2.18. The third-order valence-corrected chi connectivity index (χ3v) is 3.31. The first kappa shape index (κ1) is 15.3. The van der Waals surface area contributed by atoms with Crippen molar-refractivity contribution in [2.24, 2.45) is 0 Å². The van der Waals surface area contributed by atoms with Crippen LogP contribution in [0.25, 0.3) is 0 Å². The predicted octanol–water partition coefficient (Wildman–Crippen LogP) is 1.67. The van der Waals surface area contributed by atoms with Crippen molar-refractivity contribution in [3.05, 3.63) is 57.7 Å². The van der Waals surface area contributed by atoms with Crippen LogP contribution in [0.2, 0.25) is 0 Å². The zero-order valence-corrected chi connectivity index (χ0v) is 13.0. The molecule has 21 heavy (non-hydrogen) atoms. The Morgan fingerprint density at radius 2 is 1.67 bits per heavy atom. The van der Waals surface area contributed by atoms with E-state index in [2.05, 4.69) is 27.9 Å². The lowest BCUT2D eigenvalue weighted by molar-refractivity contribution is -0.255. The molecular formula is C15H11INO4-. The molecule has 0 saturated carbocycles. The van der Waals surface area contributed by atoms with Gasteiger partial charge in [-0.3, -0.25) is 4.79 Å². The highest BCUT2D eigenvalue weighted by Crippen LogP contribution is 2.14. The van der Waals surface area contributed by atoms with Crippen LogP contribution in [0.15, 0.2) is 48.5 Å². The lowest BCUT2D eigenvalue weighted by atomic mass is 10.2. The molecular weight excluding hydrogens is 385 g/mol. The van der Waals surface area contributed by atoms with E-state index >= 15 is 0 Å². The van der Waals surface area contributed by atoms with Crippen LogP contribution >= 0.6 is 22.6 Å². The number of carboxylic acids is 1. The summed E-state index contributed by atoms with van der Waals surface area (Å²) in [4.78, 5) is 22.3. The van der Waals surface area contributed by atoms with Gasteiger partial charge < -0.3 is 20.0 Å². The third kappa shape index (κ3) is 4.75. The number of carbonyl (C=O) groups excluding carboxylic acids is 2. The van der Waals surface area contributed by atoms with Crippen molar-refractivity contribution >= 4 is 40.2 Å². The highest BCUT2D eigenvalue weighted by atomic mass is 127. The molecule has 0 heterocycles. The second-order valence-corrected chi connectivity index (χ2v) is 5.40. The van der Waals surface area contributed by atoms with Gasteiger partial charge in [-0.15, -0.1) is 0 Å². The van der Waals surface area contributed by atoms with Crippen LogP contribution in [0.1, 0.15) is 10.4 Å². The average molecular weight is 396 g/mol. The molecule has 1 amide bonds. The van der Waals surface area contributed by atoms with Crippen molar-refractivity contribution in [3.63, 3.8) is 0 Å². The van der Waals surface area contributed by atoms with E-state index in [1.54, 1.807) is 12.1 Å². The normalized spacial score (nSPS) is 9.95. The number of ether oxygens (including phenoxy) is 1. The van der Waals surface area contributed by atoms with E-state index in [0.717, 1.165) is 3.57 Å². The molecule has 1 N–H and O–H groups in total. The maximum Gasteiger partial charge on any atom is 0.262 e. The highest BCUT2D eigenvalue weighted by molar-refractivity contribution is 14.1. The molecule has 0 spiro atoms. The van der Waals surface area contributed by atoms with E-state index in [4.69, 9.17) is 4.74 Å². The minimum atomic E-state index is -1.25. The van der Waals surface area contributed by atoms with Crippen molar-refractivity contribution < 1.29 is 19.4 Å². The van der Waals surface area contributed by atoms with E-state index in [1.165, 1.54) is 24.3 Å². The summed E-state index contributed by atoms with van der Waals surface area (Å²) in [5.74, 6) is -0.970. The van der Waals surface area contributed by atoms with Crippen LogP contribution in [0.3, 0.4) is 0 Å². The van der Waals surface area contributed by atoms with E-state index in [0.29, 0.717) is 11.4 Å². The van der Waals surface area contributed by atoms with Crippen LogP contribution in [0.5, 0.6) is 5.75 Å². The van der Waals surface area contributed by atoms with Gasteiger partial charge in [0.25, 0.3) is 5.91 Å². The van der Waals surface area contributed by atoms with Gasteiger partial charge in [-0.2, -0.15) is 0 Å². The van der Waals surface area contributed by atoms with Crippen molar-refractivity contribution in [1.29, 1.82) is 0 Å². The van der Waals surface area contributed by atoms with Gasteiger partial charge in [0.1, 0.15) is 5.75 Å². The number of aromatic carboxylic acids is 1. The zero-order chi connectivity index (χ0) is 15.2. The van der Waals surface area contributed by atoms with Crippen LogP contribution in [-0.4, -0.2) is 18.5 Å². The molecule has 2 aromatic carbocycles. The zero-order valence-electron chi connectivity index (χ0n) is 10.8. The van der Waals surface area contributed by atoms with Crippen LogP contribution in [0, 0.1) is 3.57 Å². The van der Waals surface area contributed by atoms with Gasteiger partial charge >= 0.3 is 0 Å². The fourth-order valence-electron chi connectivity index (χ4n) is 1.57. The molecule has 0 atom stereocenters. The second kappa shape index (κ2) is 7.07. The number of amides is 1. The summed E-state index contributed by atoms with van der Waals surface area (Å²) in [5.41, 5.74) is 0.555. The molecule has 0 unspecified atom stereocenters. The summed E-state index contributed by atoms with van der Waals surface area (Å²) in [6.07, 6.45) is 0. The maximum atomic E-state index is 11.7. The Morgan fingerprint density at radius 3 is 2.24 bits per heavy atom. The lowest BCUT2D eigenvalue weighted by Crippen LogP contribution is -2.22. The van der Waals surface area contributed by atoms with E-state index < -0.39 is 5.97 Å². The van der Waals surface area contributed by atoms with Crippen molar-refractivity contribution in [1.82, 2.24) is 0 Å². The minimum Gasteiger partial charge on any atom is -0.545 e. The Balaban J connectivity index is 1.86. The molecule has 0 aliphatic rings. The van der Waals surface area contributed by atoms with Gasteiger partial charge in [-0.1, -0.05) is 12.1 Å². The SMILES string of the molecule is O=C(COc1ccc(I)cc1)Nc1ccc(C(=O)[O-])cc1. The number of hydrogen-bond donors (Lipinski definition) is 1. The summed E-state index contributed by atoms with van der Waals surface area (Å²) < 4.78 is 6.42. The van der Waals surface area contributed by atoms with Gasteiger partial charge in [0.05, 0.1) is 5.97 Å². The summed E-state index contributed by atoms with van der Waals surface area (Å²) in [7, 11) is 0. The third-order valence-electron chi connectivity index (χ3n) is 2.59. The number of anilines is 1. The Bertz CT molecular complexity index is 638. The Hall–Kier alpha value is -2.09. The molecule has 6 heteroatoms. The molecule has 0 bridgehead atoms. The van der Waals surface area contributed by atoms with Crippen LogP contribution in [0.4, 0.5) is 5.69 Å². The van der Waals surface area contributed by atoms with Gasteiger partial charge in [-0.05, 0) is 64.6 Å². The first-order valence-corrected chi connectivity index (χ1v) is 7.12. The monoisotopic (exact) mass is 396 g/mol. The number of nitrogens with one attached hydrogen (secondary N) is 1. The minimum absolute atomic E-state index is 0.0585. The number of carboxylic acid groups (broad SMARTS) is 1. The van der Waals surface area contributed by atoms with E-state index in [-0.39, 0.29) is 18.1 Å². The van der Waals surface area contributed by atoms with E-state index in [1.807, 2.05) is 12.1 Å². The molecule has 2 aromatic rings. The van der Waals surface area contributed by atoms with Gasteiger partial charge in [-0.25, -0.2) is 0 Å². The van der Waals surface area contributed by atoms with Gasteiger partial charge in [0.2, 0.25) is 0 Å². The first-order chi connectivity index (χ1) is 10.0. The molecule has 0 fully saturated rings. The van der Waals surface area contributed by atoms with Crippen molar-refractivity contribution in [2.75, 3.05) is 11.9 Å². The number of halogens is 1. The molecule has 0 aliphatic heterocycles. The lowest BCUT2D eigenvalue weighted by Gasteiger charge is -2.08. The molecule has 0 aromatic heterocycles. The smallest absolute Gasteiger partial charge is 0.262 e. The average Bonchev–Trinajstić information content (AvgIpc) is 2.47. The van der Waals surface area contributed by atoms with Crippen LogP contribution < -0.4 is 15.2 Å². The number of hydrogen-bond acceptors (Lipinski definition) is 4. The highest BCUT2D eigenvalue weighted by Gasteiger charge is 2.04. The van der Waals surface area contributed by atoms with Crippen molar-refractivity contribution in [2.45, 2.75) is 0 Å². The number of rotatable bonds is 5. The molecule has 2 rings (SSSR count).